The van der Waals surface area contributed by atoms with Gasteiger partial charge in [0.2, 0.25) is 0 Å². The number of amides is 1. The van der Waals surface area contributed by atoms with Crippen molar-refractivity contribution in [1.29, 1.82) is 0 Å². The highest BCUT2D eigenvalue weighted by atomic mass is 19.4. The van der Waals surface area contributed by atoms with Crippen LogP contribution in [-0.4, -0.2) is 34.1 Å². The van der Waals surface area contributed by atoms with Gasteiger partial charge in [-0.1, -0.05) is 12.1 Å². The first-order valence-electron chi connectivity index (χ1n) is 8.01. The van der Waals surface area contributed by atoms with E-state index in [2.05, 4.69) is 15.5 Å². The van der Waals surface area contributed by atoms with Gasteiger partial charge < -0.3 is 10.2 Å². The van der Waals surface area contributed by atoms with E-state index in [1.807, 2.05) is 0 Å². The van der Waals surface area contributed by atoms with Crippen molar-refractivity contribution in [2.75, 3.05) is 18.4 Å². The minimum absolute atomic E-state index is 0.112. The van der Waals surface area contributed by atoms with Gasteiger partial charge in [0.25, 0.3) is 5.91 Å². The van der Waals surface area contributed by atoms with E-state index in [4.69, 9.17) is 0 Å². The Morgan fingerprint density at radius 1 is 1.00 bits per heavy atom. The number of nitrogens with zero attached hydrogens (tertiary/aromatic N) is 3. The summed E-state index contributed by atoms with van der Waals surface area (Å²) in [5.74, 6) is -0.0543. The summed E-state index contributed by atoms with van der Waals surface area (Å²) in [5, 5.41) is 10.3. The van der Waals surface area contributed by atoms with Crippen molar-refractivity contribution in [2.24, 2.45) is 0 Å². The topological polar surface area (TPSA) is 58.1 Å². The van der Waals surface area contributed by atoms with Crippen molar-refractivity contribution in [2.45, 2.75) is 25.4 Å². The van der Waals surface area contributed by atoms with E-state index in [9.17, 15) is 18.0 Å². The molecular formula is C17H17F3N4O. The third-order valence-electron chi connectivity index (χ3n) is 4.02. The van der Waals surface area contributed by atoms with Gasteiger partial charge in [-0.25, -0.2) is 0 Å². The van der Waals surface area contributed by atoms with Crippen LogP contribution in [0.15, 0.2) is 36.4 Å². The molecule has 0 spiro atoms. The summed E-state index contributed by atoms with van der Waals surface area (Å²) in [7, 11) is 0. The number of carbonyl (C=O) groups excluding carboxylic acids is 1. The summed E-state index contributed by atoms with van der Waals surface area (Å²) >= 11 is 0. The largest absolute Gasteiger partial charge is 0.418 e. The van der Waals surface area contributed by atoms with Crippen LogP contribution in [0.5, 0.6) is 0 Å². The molecule has 1 aromatic carbocycles. The second-order valence-electron chi connectivity index (χ2n) is 5.83. The molecule has 0 bridgehead atoms. The zero-order valence-electron chi connectivity index (χ0n) is 13.4. The summed E-state index contributed by atoms with van der Waals surface area (Å²) in [6, 6.07) is 8.06. The first-order chi connectivity index (χ1) is 11.9. The molecule has 8 heteroatoms. The number of hydrogen-bond donors (Lipinski definition) is 1. The fourth-order valence-corrected chi connectivity index (χ4v) is 2.75. The van der Waals surface area contributed by atoms with E-state index in [1.165, 1.54) is 30.3 Å². The zero-order chi connectivity index (χ0) is 17.9. The highest BCUT2D eigenvalue weighted by Gasteiger charge is 2.33. The van der Waals surface area contributed by atoms with Gasteiger partial charge in [-0.15, -0.1) is 10.2 Å². The molecular weight excluding hydrogens is 333 g/mol. The normalized spacial score (nSPS) is 15.1. The van der Waals surface area contributed by atoms with E-state index in [1.54, 1.807) is 4.90 Å². The van der Waals surface area contributed by atoms with Crippen LogP contribution in [0.3, 0.4) is 0 Å². The molecule has 0 saturated carbocycles. The van der Waals surface area contributed by atoms with Crippen LogP contribution in [0, 0.1) is 0 Å². The Bertz CT molecular complexity index is 740. The zero-order valence-corrected chi connectivity index (χ0v) is 13.4. The molecule has 1 N–H and O–H groups in total. The molecule has 1 aliphatic rings. The standard InChI is InChI=1S/C17H17F3N4O/c18-17(19,20)12-6-2-3-7-13(12)21-15-9-8-14(22-23-15)16(25)24-10-4-1-5-11-24/h2-3,6-9H,1,4-5,10-11H2,(H,21,23). The van der Waals surface area contributed by atoms with Gasteiger partial charge >= 0.3 is 6.18 Å². The molecule has 25 heavy (non-hydrogen) atoms. The summed E-state index contributed by atoms with van der Waals surface area (Å²) < 4.78 is 39.0. The first kappa shape index (κ1) is 17.2. The Morgan fingerprint density at radius 2 is 1.72 bits per heavy atom. The van der Waals surface area contributed by atoms with E-state index in [-0.39, 0.29) is 23.1 Å². The maximum absolute atomic E-state index is 13.0. The Balaban J connectivity index is 1.74. The lowest BCUT2D eigenvalue weighted by molar-refractivity contribution is -0.136. The van der Waals surface area contributed by atoms with Gasteiger partial charge in [0, 0.05) is 13.1 Å². The summed E-state index contributed by atoms with van der Waals surface area (Å²) in [6.45, 7) is 1.39. The van der Waals surface area contributed by atoms with Gasteiger partial charge in [0.15, 0.2) is 11.5 Å². The molecule has 0 atom stereocenters. The minimum atomic E-state index is -4.47. The molecule has 132 valence electrons. The van der Waals surface area contributed by atoms with Crippen LogP contribution in [0.2, 0.25) is 0 Å². The number of nitrogens with one attached hydrogen (secondary N) is 1. The van der Waals surface area contributed by atoms with Crippen molar-refractivity contribution in [3.63, 3.8) is 0 Å². The van der Waals surface area contributed by atoms with E-state index < -0.39 is 11.7 Å². The monoisotopic (exact) mass is 350 g/mol. The predicted molar refractivity (Wildman–Crippen MR) is 86.5 cm³/mol. The number of benzene rings is 1. The summed E-state index contributed by atoms with van der Waals surface area (Å²) in [4.78, 5) is 14.0. The number of alkyl halides is 3. The average Bonchev–Trinajstić information content (AvgIpc) is 2.62. The number of likely N-dealkylation sites (tertiary alicyclic amines) is 1. The molecule has 1 aromatic heterocycles. The highest BCUT2D eigenvalue weighted by Crippen LogP contribution is 2.35. The molecule has 1 amide bonds. The second-order valence-corrected chi connectivity index (χ2v) is 5.83. The Hall–Kier alpha value is -2.64. The molecule has 5 nitrogen and oxygen atoms in total. The minimum Gasteiger partial charge on any atom is -0.338 e. The number of halogens is 3. The second kappa shape index (κ2) is 7.08. The molecule has 0 aliphatic carbocycles. The fourth-order valence-electron chi connectivity index (χ4n) is 2.75. The number of aromatic nitrogens is 2. The maximum Gasteiger partial charge on any atom is 0.418 e. The average molecular weight is 350 g/mol. The molecule has 2 aromatic rings. The fraction of sp³-hybridized carbons (Fsp3) is 0.353. The molecule has 1 saturated heterocycles. The van der Waals surface area contributed by atoms with E-state index in [0.29, 0.717) is 13.1 Å². The lowest BCUT2D eigenvalue weighted by atomic mass is 10.1. The van der Waals surface area contributed by atoms with Crippen molar-refractivity contribution in [3.05, 3.63) is 47.7 Å². The first-order valence-corrected chi connectivity index (χ1v) is 8.01. The van der Waals surface area contributed by atoms with Crippen molar-refractivity contribution < 1.29 is 18.0 Å². The number of anilines is 2. The molecule has 1 aliphatic heterocycles. The van der Waals surface area contributed by atoms with Crippen LogP contribution in [0.25, 0.3) is 0 Å². The molecule has 3 rings (SSSR count). The third-order valence-corrected chi connectivity index (χ3v) is 4.02. The van der Waals surface area contributed by atoms with Gasteiger partial charge in [0.1, 0.15) is 0 Å². The molecule has 0 unspecified atom stereocenters. The van der Waals surface area contributed by atoms with Crippen LogP contribution in [-0.2, 0) is 6.18 Å². The van der Waals surface area contributed by atoms with Crippen LogP contribution in [0.4, 0.5) is 24.7 Å². The lowest BCUT2D eigenvalue weighted by Gasteiger charge is -2.26. The quantitative estimate of drug-likeness (QED) is 0.913. The number of piperidine rings is 1. The van der Waals surface area contributed by atoms with Crippen molar-refractivity contribution in [1.82, 2.24) is 15.1 Å². The summed E-state index contributed by atoms with van der Waals surface area (Å²) in [5.41, 5.74) is -0.707. The Kier molecular flexibility index (Phi) is 4.87. The summed E-state index contributed by atoms with van der Waals surface area (Å²) in [6.07, 6.45) is -1.43. The number of hydrogen-bond acceptors (Lipinski definition) is 4. The smallest absolute Gasteiger partial charge is 0.338 e. The Labute approximate surface area is 142 Å². The van der Waals surface area contributed by atoms with Crippen LogP contribution >= 0.6 is 0 Å². The number of rotatable bonds is 3. The SMILES string of the molecule is O=C(c1ccc(Nc2ccccc2C(F)(F)F)nn1)N1CCCCC1. The van der Waals surface area contributed by atoms with Gasteiger partial charge in [-0.3, -0.25) is 4.79 Å². The van der Waals surface area contributed by atoms with Crippen molar-refractivity contribution >= 4 is 17.4 Å². The van der Waals surface area contributed by atoms with E-state index >= 15 is 0 Å². The van der Waals surface area contributed by atoms with Gasteiger partial charge in [-0.05, 0) is 43.5 Å². The lowest BCUT2D eigenvalue weighted by Crippen LogP contribution is -2.36. The van der Waals surface area contributed by atoms with Gasteiger partial charge in [-0.2, -0.15) is 13.2 Å². The molecule has 0 radical (unpaired) electrons. The third kappa shape index (κ3) is 4.07. The highest BCUT2D eigenvalue weighted by molar-refractivity contribution is 5.92. The number of para-hydroxylation sites is 1. The predicted octanol–water partition coefficient (Wildman–Crippen LogP) is 3.87. The van der Waals surface area contributed by atoms with Crippen LogP contribution in [0.1, 0.15) is 35.3 Å². The van der Waals surface area contributed by atoms with Crippen molar-refractivity contribution in [3.8, 4) is 0 Å². The Morgan fingerprint density at radius 3 is 2.36 bits per heavy atom. The number of carbonyl (C=O) groups is 1. The van der Waals surface area contributed by atoms with Crippen LogP contribution < -0.4 is 5.32 Å². The molecule has 2 heterocycles. The van der Waals surface area contributed by atoms with Gasteiger partial charge in [0.05, 0.1) is 11.3 Å². The van der Waals surface area contributed by atoms with E-state index in [0.717, 1.165) is 25.3 Å². The maximum atomic E-state index is 13.0. The molecule has 1 fully saturated rings.